The summed E-state index contributed by atoms with van der Waals surface area (Å²) in [6.07, 6.45) is 0. The molecule has 4 heteroatoms. The van der Waals surface area contributed by atoms with Gasteiger partial charge >= 0.3 is 0 Å². The molecule has 0 heterocycles. The van der Waals surface area contributed by atoms with Crippen molar-refractivity contribution in [2.45, 2.75) is 39.8 Å². The topological polar surface area (TPSA) is 41.6 Å². The normalized spacial score (nSPS) is 10.6. The van der Waals surface area contributed by atoms with Crippen LogP contribution in [0, 0.1) is 11.8 Å². The first kappa shape index (κ1) is 16.0. The summed E-state index contributed by atoms with van der Waals surface area (Å²) in [5, 5.41) is 2.66. The van der Waals surface area contributed by atoms with Gasteiger partial charge in [0.15, 0.2) is 0 Å². The number of ether oxygens (including phenoxy) is 1. The molecule has 0 radical (unpaired) electrons. The zero-order chi connectivity index (χ0) is 13.3. The van der Waals surface area contributed by atoms with Crippen molar-refractivity contribution in [1.29, 1.82) is 0 Å². The molecule has 0 spiro atoms. The van der Waals surface area contributed by atoms with Crippen molar-refractivity contribution in [3.05, 3.63) is 0 Å². The molecule has 98 valence electrons. The van der Waals surface area contributed by atoms with E-state index in [1.54, 1.807) is 0 Å². The molecule has 4 nitrogen and oxygen atoms in total. The minimum atomic E-state index is -0.133. The zero-order valence-electron chi connectivity index (χ0n) is 11.5. The Morgan fingerprint density at radius 2 is 1.82 bits per heavy atom. The van der Waals surface area contributed by atoms with Gasteiger partial charge in [-0.15, -0.1) is 0 Å². The number of methoxy groups -OCH3 is 1. The van der Waals surface area contributed by atoms with E-state index in [1.807, 2.05) is 0 Å². The van der Waals surface area contributed by atoms with Crippen molar-refractivity contribution in [2.75, 3.05) is 26.8 Å². The van der Waals surface area contributed by atoms with E-state index in [-0.39, 0.29) is 12.5 Å². The average Bonchev–Trinajstić information content (AvgIpc) is 2.22. The van der Waals surface area contributed by atoms with Gasteiger partial charge in [-0.2, -0.15) is 0 Å². The third-order valence-corrected chi connectivity index (χ3v) is 2.36. The van der Waals surface area contributed by atoms with Gasteiger partial charge in [-0.3, -0.25) is 9.69 Å². The summed E-state index contributed by atoms with van der Waals surface area (Å²) in [5.74, 6) is 5.87. The highest BCUT2D eigenvalue weighted by Gasteiger charge is 2.10. The number of nitrogens with one attached hydrogen (secondary N) is 1. The zero-order valence-corrected chi connectivity index (χ0v) is 11.5. The molecule has 0 fully saturated rings. The van der Waals surface area contributed by atoms with Crippen LogP contribution in [0.3, 0.4) is 0 Å². The summed E-state index contributed by atoms with van der Waals surface area (Å²) in [4.78, 5) is 13.3. The number of carbonyl (C=O) groups is 1. The van der Waals surface area contributed by atoms with Gasteiger partial charge in [0.2, 0.25) is 5.91 Å². The predicted octanol–water partition coefficient (Wildman–Crippen LogP) is 0.871. The fraction of sp³-hybridized carbons (Fsp3) is 0.769. The lowest BCUT2D eigenvalue weighted by atomic mass is 10.2. The highest BCUT2D eigenvalue weighted by atomic mass is 16.5. The van der Waals surface area contributed by atoms with Crippen molar-refractivity contribution >= 4 is 5.91 Å². The molecule has 0 saturated heterocycles. The van der Waals surface area contributed by atoms with Crippen LogP contribution in [0.1, 0.15) is 27.7 Å². The van der Waals surface area contributed by atoms with Gasteiger partial charge in [-0.1, -0.05) is 11.8 Å². The molecule has 0 bridgehead atoms. The Kier molecular flexibility index (Phi) is 8.47. The molecule has 0 aromatic carbocycles. The fourth-order valence-electron chi connectivity index (χ4n) is 1.50. The molecule has 0 unspecified atom stereocenters. The second-order valence-electron chi connectivity index (χ2n) is 4.42. The summed E-state index contributed by atoms with van der Waals surface area (Å²) < 4.78 is 4.69. The van der Waals surface area contributed by atoms with Crippen LogP contribution >= 0.6 is 0 Å². The monoisotopic (exact) mass is 240 g/mol. The summed E-state index contributed by atoms with van der Waals surface area (Å²) in [6.45, 7) is 9.82. The minimum Gasteiger partial charge on any atom is -0.375 e. The first-order valence-electron chi connectivity index (χ1n) is 5.96. The molecule has 0 aliphatic rings. The molecule has 0 aromatic heterocycles. The van der Waals surface area contributed by atoms with E-state index in [0.29, 0.717) is 18.6 Å². The Morgan fingerprint density at radius 3 is 2.29 bits per heavy atom. The highest BCUT2D eigenvalue weighted by molar-refractivity contribution is 5.77. The van der Waals surface area contributed by atoms with Gasteiger partial charge in [0.25, 0.3) is 0 Å². The lowest BCUT2D eigenvalue weighted by Crippen LogP contribution is -2.37. The summed E-state index contributed by atoms with van der Waals surface area (Å²) >= 11 is 0. The first-order chi connectivity index (χ1) is 7.99. The largest absolute Gasteiger partial charge is 0.375 e. The van der Waals surface area contributed by atoms with Gasteiger partial charge in [0, 0.05) is 19.2 Å². The van der Waals surface area contributed by atoms with Crippen LogP contribution < -0.4 is 5.32 Å². The Labute approximate surface area is 105 Å². The summed E-state index contributed by atoms with van der Waals surface area (Å²) in [7, 11) is 1.49. The average molecular weight is 240 g/mol. The quantitative estimate of drug-likeness (QED) is 0.701. The molecule has 0 aliphatic carbocycles. The molecule has 0 aliphatic heterocycles. The van der Waals surface area contributed by atoms with Crippen LogP contribution in [0.5, 0.6) is 0 Å². The van der Waals surface area contributed by atoms with Crippen LogP contribution in [0.4, 0.5) is 0 Å². The lowest BCUT2D eigenvalue weighted by molar-refractivity contribution is -0.124. The van der Waals surface area contributed by atoms with Crippen molar-refractivity contribution in [3.8, 4) is 11.8 Å². The predicted molar refractivity (Wildman–Crippen MR) is 69.6 cm³/mol. The molecule has 17 heavy (non-hydrogen) atoms. The molecular formula is C13H24N2O2. The van der Waals surface area contributed by atoms with E-state index in [0.717, 1.165) is 6.54 Å². The second-order valence-corrected chi connectivity index (χ2v) is 4.42. The molecule has 0 saturated carbocycles. The lowest BCUT2D eigenvalue weighted by Gasteiger charge is -2.28. The standard InChI is InChI=1S/C13H24N2O2/c1-11(2)15(12(3)4)9-7-6-8-14-13(16)10-17-5/h11-12H,8-10H2,1-5H3,(H,14,16). The Bertz CT molecular complexity index is 269. The van der Waals surface area contributed by atoms with E-state index in [9.17, 15) is 4.79 Å². The number of amides is 1. The minimum absolute atomic E-state index is 0.0891. The number of hydrogen-bond donors (Lipinski definition) is 1. The van der Waals surface area contributed by atoms with Gasteiger partial charge < -0.3 is 10.1 Å². The Balaban J connectivity index is 3.90. The second kappa shape index (κ2) is 9.03. The molecule has 0 atom stereocenters. The third kappa shape index (κ3) is 7.78. The van der Waals surface area contributed by atoms with Crippen molar-refractivity contribution in [1.82, 2.24) is 10.2 Å². The smallest absolute Gasteiger partial charge is 0.246 e. The third-order valence-electron chi connectivity index (χ3n) is 2.36. The number of carbonyl (C=O) groups excluding carboxylic acids is 1. The maximum atomic E-state index is 11.0. The van der Waals surface area contributed by atoms with Crippen LogP contribution in [-0.2, 0) is 9.53 Å². The van der Waals surface area contributed by atoms with E-state index < -0.39 is 0 Å². The van der Waals surface area contributed by atoms with E-state index >= 15 is 0 Å². The molecule has 0 rings (SSSR count). The van der Waals surface area contributed by atoms with E-state index in [1.165, 1.54) is 7.11 Å². The maximum absolute atomic E-state index is 11.0. The number of rotatable bonds is 6. The molecular weight excluding hydrogens is 216 g/mol. The van der Waals surface area contributed by atoms with Gasteiger partial charge in [0.05, 0.1) is 13.1 Å². The van der Waals surface area contributed by atoms with Gasteiger partial charge in [0.1, 0.15) is 6.61 Å². The van der Waals surface area contributed by atoms with Crippen molar-refractivity contribution < 1.29 is 9.53 Å². The SMILES string of the molecule is COCC(=O)NCC#CCN(C(C)C)C(C)C. The van der Waals surface area contributed by atoms with Gasteiger partial charge in [-0.05, 0) is 27.7 Å². The fourth-order valence-corrected chi connectivity index (χ4v) is 1.50. The summed E-state index contributed by atoms with van der Waals surface area (Å²) in [5.41, 5.74) is 0. The molecule has 0 aromatic rings. The Hall–Kier alpha value is -1.05. The highest BCUT2D eigenvalue weighted by Crippen LogP contribution is 2.02. The van der Waals surface area contributed by atoms with Gasteiger partial charge in [-0.25, -0.2) is 0 Å². The number of hydrogen-bond acceptors (Lipinski definition) is 3. The maximum Gasteiger partial charge on any atom is 0.246 e. The van der Waals surface area contributed by atoms with E-state index in [2.05, 4.69) is 49.8 Å². The van der Waals surface area contributed by atoms with E-state index in [4.69, 9.17) is 4.74 Å². The van der Waals surface area contributed by atoms with Crippen molar-refractivity contribution in [2.24, 2.45) is 0 Å². The van der Waals surface area contributed by atoms with Crippen LogP contribution in [-0.4, -0.2) is 49.7 Å². The number of nitrogens with zero attached hydrogens (tertiary/aromatic N) is 1. The van der Waals surface area contributed by atoms with Crippen molar-refractivity contribution in [3.63, 3.8) is 0 Å². The summed E-state index contributed by atoms with van der Waals surface area (Å²) in [6, 6.07) is 0.958. The first-order valence-corrected chi connectivity index (χ1v) is 5.96. The van der Waals surface area contributed by atoms with Crippen LogP contribution in [0.15, 0.2) is 0 Å². The van der Waals surface area contributed by atoms with Crippen LogP contribution in [0.25, 0.3) is 0 Å². The molecule has 1 amide bonds. The Morgan fingerprint density at radius 1 is 1.24 bits per heavy atom. The molecule has 1 N–H and O–H groups in total. The van der Waals surface area contributed by atoms with Crippen LogP contribution in [0.2, 0.25) is 0 Å².